The fourth-order valence-electron chi connectivity index (χ4n) is 2.79. The van der Waals surface area contributed by atoms with E-state index in [1.165, 1.54) is 24.2 Å². The SMILES string of the molecule is CC(C)(C)OC(=O)N[C@H]1CCCC[C@H]1CSc1ccc(Br)cc1. The largest absolute Gasteiger partial charge is 0.444 e. The lowest BCUT2D eigenvalue weighted by Crippen LogP contribution is -2.45. The van der Waals surface area contributed by atoms with Crippen molar-refractivity contribution < 1.29 is 9.53 Å². The molecule has 1 aromatic carbocycles. The number of alkyl carbamates (subject to hydrolysis) is 1. The molecule has 0 radical (unpaired) electrons. The van der Waals surface area contributed by atoms with Gasteiger partial charge in [0.15, 0.2) is 0 Å². The van der Waals surface area contributed by atoms with E-state index in [1.54, 1.807) is 0 Å². The van der Waals surface area contributed by atoms with Gasteiger partial charge in [0.1, 0.15) is 5.60 Å². The summed E-state index contributed by atoms with van der Waals surface area (Å²) in [4.78, 5) is 13.3. The van der Waals surface area contributed by atoms with Crippen molar-refractivity contribution in [3.05, 3.63) is 28.7 Å². The molecule has 0 unspecified atom stereocenters. The maximum absolute atomic E-state index is 12.0. The Morgan fingerprint density at radius 3 is 2.57 bits per heavy atom. The van der Waals surface area contributed by atoms with Crippen molar-refractivity contribution in [3.63, 3.8) is 0 Å². The number of hydrogen-bond acceptors (Lipinski definition) is 3. The van der Waals surface area contributed by atoms with Gasteiger partial charge in [-0.3, -0.25) is 0 Å². The number of carbonyl (C=O) groups is 1. The van der Waals surface area contributed by atoms with Crippen LogP contribution >= 0.6 is 27.7 Å². The number of benzene rings is 1. The van der Waals surface area contributed by atoms with E-state index in [2.05, 4.69) is 45.5 Å². The molecule has 1 aliphatic rings. The van der Waals surface area contributed by atoms with Crippen LogP contribution in [0, 0.1) is 5.92 Å². The third-order valence-corrected chi connectivity index (χ3v) is 5.62. The Kier molecular flexibility index (Phi) is 6.84. The van der Waals surface area contributed by atoms with Crippen molar-refractivity contribution in [2.75, 3.05) is 5.75 Å². The first kappa shape index (κ1) is 18.7. The van der Waals surface area contributed by atoms with Gasteiger partial charge in [0.2, 0.25) is 0 Å². The molecule has 0 spiro atoms. The van der Waals surface area contributed by atoms with Gasteiger partial charge in [-0.15, -0.1) is 11.8 Å². The zero-order valence-corrected chi connectivity index (χ0v) is 16.5. The zero-order valence-electron chi connectivity index (χ0n) is 14.1. The molecule has 2 atom stereocenters. The number of rotatable bonds is 4. The lowest BCUT2D eigenvalue weighted by Gasteiger charge is -2.32. The van der Waals surface area contributed by atoms with Gasteiger partial charge in [-0.05, 0) is 63.8 Å². The Bertz CT molecular complexity index is 513. The van der Waals surface area contributed by atoms with Crippen LogP contribution in [-0.4, -0.2) is 23.5 Å². The molecule has 1 saturated carbocycles. The molecule has 0 aliphatic heterocycles. The first-order valence-corrected chi connectivity index (χ1v) is 9.99. The fourth-order valence-corrected chi connectivity index (χ4v) is 4.19. The molecule has 1 fully saturated rings. The number of nitrogens with one attached hydrogen (secondary N) is 1. The highest BCUT2D eigenvalue weighted by molar-refractivity contribution is 9.10. The number of hydrogen-bond donors (Lipinski definition) is 1. The summed E-state index contributed by atoms with van der Waals surface area (Å²) >= 11 is 5.33. The van der Waals surface area contributed by atoms with Crippen LogP contribution in [0.1, 0.15) is 46.5 Å². The Labute approximate surface area is 152 Å². The molecule has 1 N–H and O–H groups in total. The lowest BCUT2D eigenvalue weighted by atomic mass is 9.86. The molecule has 0 aromatic heterocycles. The van der Waals surface area contributed by atoms with Crippen molar-refractivity contribution in [1.82, 2.24) is 5.32 Å². The number of ether oxygens (including phenoxy) is 1. The normalized spacial score (nSPS) is 21.7. The number of amides is 1. The lowest BCUT2D eigenvalue weighted by molar-refractivity contribution is 0.0474. The highest BCUT2D eigenvalue weighted by atomic mass is 79.9. The second-order valence-electron chi connectivity index (χ2n) is 7.06. The van der Waals surface area contributed by atoms with Crippen LogP contribution in [0.4, 0.5) is 4.79 Å². The van der Waals surface area contributed by atoms with E-state index in [4.69, 9.17) is 4.74 Å². The second kappa shape index (κ2) is 8.43. The van der Waals surface area contributed by atoms with Gasteiger partial charge in [0.25, 0.3) is 0 Å². The molecular weight excluding hydrogens is 374 g/mol. The Balaban J connectivity index is 1.87. The summed E-state index contributed by atoms with van der Waals surface area (Å²) in [5.74, 6) is 1.53. The smallest absolute Gasteiger partial charge is 0.407 e. The highest BCUT2D eigenvalue weighted by Crippen LogP contribution is 2.31. The van der Waals surface area contributed by atoms with E-state index < -0.39 is 5.60 Å². The standard InChI is InChI=1S/C18H26BrNO2S/c1-18(2,3)22-17(21)20-16-7-5-4-6-13(16)12-23-15-10-8-14(19)9-11-15/h8-11,13,16H,4-7,12H2,1-3H3,(H,20,21)/t13-,16-/m0/s1. The van der Waals surface area contributed by atoms with Crippen LogP contribution in [-0.2, 0) is 4.74 Å². The second-order valence-corrected chi connectivity index (χ2v) is 9.07. The highest BCUT2D eigenvalue weighted by Gasteiger charge is 2.28. The summed E-state index contributed by atoms with van der Waals surface area (Å²) in [7, 11) is 0. The van der Waals surface area contributed by atoms with Crippen LogP contribution < -0.4 is 5.32 Å². The van der Waals surface area contributed by atoms with Crippen molar-refractivity contribution in [3.8, 4) is 0 Å². The maximum atomic E-state index is 12.0. The van der Waals surface area contributed by atoms with Gasteiger partial charge in [0, 0.05) is 21.2 Å². The molecule has 3 nitrogen and oxygen atoms in total. The summed E-state index contributed by atoms with van der Waals surface area (Å²) in [6, 6.07) is 8.63. The molecule has 0 saturated heterocycles. The first-order valence-electron chi connectivity index (χ1n) is 8.21. The number of halogens is 1. The van der Waals surface area contributed by atoms with Crippen molar-refractivity contribution in [2.45, 2.75) is 63.0 Å². The summed E-state index contributed by atoms with van der Waals surface area (Å²) in [6.07, 6.45) is 4.36. The predicted molar refractivity (Wildman–Crippen MR) is 100.0 cm³/mol. The molecule has 23 heavy (non-hydrogen) atoms. The van der Waals surface area contributed by atoms with Gasteiger partial charge in [0.05, 0.1) is 0 Å². The molecule has 0 bridgehead atoms. The third-order valence-electron chi connectivity index (χ3n) is 3.89. The molecule has 0 heterocycles. The van der Waals surface area contributed by atoms with E-state index in [0.717, 1.165) is 16.6 Å². The van der Waals surface area contributed by atoms with Crippen LogP contribution in [0.15, 0.2) is 33.6 Å². The van der Waals surface area contributed by atoms with Gasteiger partial charge in [-0.2, -0.15) is 0 Å². The molecule has 1 aromatic rings. The van der Waals surface area contributed by atoms with E-state index in [0.29, 0.717) is 5.92 Å². The topological polar surface area (TPSA) is 38.3 Å². The summed E-state index contributed by atoms with van der Waals surface area (Å²) in [6.45, 7) is 5.69. The predicted octanol–water partition coefficient (Wildman–Crippen LogP) is 5.62. The first-order chi connectivity index (χ1) is 10.8. The minimum atomic E-state index is -0.444. The average molecular weight is 400 g/mol. The van der Waals surface area contributed by atoms with E-state index in [-0.39, 0.29) is 12.1 Å². The van der Waals surface area contributed by atoms with Crippen LogP contribution in [0.2, 0.25) is 0 Å². The Hall–Kier alpha value is -0.680. The monoisotopic (exact) mass is 399 g/mol. The number of thioether (sulfide) groups is 1. The van der Waals surface area contributed by atoms with Gasteiger partial charge < -0.3 is 10.1 Å². The summed E-state index contributed by atoms with van der Waals surface area (Å²) in [5, 5.41) is 3.09. The van der Waals surface area contributed by atoms with E-state index in [9.17, 15) is 4.79 Å². The van der Waals surface area contributed by atoms with Crippen LogP contribution in [0.25, 0.3) is 0 Å². The van der Waals surface area contributed by atoms with Crippen molar-refractivity contribution in [2.24, 2.45) is 5.92 Å². The maximum Gasteiger partial charge on any atom is 0.407 e. The summed E-state index contributed by atoms with van der Waals surface area (Å²) in [5.41, 5.74) is -0.444. The molecule has 1 amide bonds. The zero-order chi connectivity index (χ0) is 16.9. The van der Waals surface area contributed by atoms with Gasteiger partial charge in [-0.1, -0.05) is 28.8 Å². The molecular formula is C18H26BrNO2S. The summed E-state index contributed by atoms with van der Waals surface area (Å²) < 4.78 is 6.50. The van der Waals surface area contributed by atoms with Crippen LogP contribution in [0.5, 0.6) is 0 Å². The average Bonchev–Trinajstić information content (AvgIpc) is 2.46. The molecule has 2 rings (SSSR count). The Morgan fingerprint density at radius 2 is 1.91 bits per heavy atom. The minimum absolute atomic E-state index is 0.224. The van der Waals surface area contributed by atoms with Crippen LogP contribution in [0.3, 0.4) is 0 Å². The van der Waals surface area contributed by atoms with Gasteiger partial charge in [-0.25, -0.2) is 4.79 Å². The van der Waals surface area contributed by atoms with E-state index >= 15 is 0 Å². The third kappa shape index (κ3) is 6.76. The fraction of sp³-hybridized carbons (Fsp3) is 0.611. The molecule has 5 heteroatoms. The molecule has 1 aliphatic carbocycles. The quantitative estimate of drug-likeness (QED) is 0.667. The van der Waals surface area contributed by atoms with Gasteiger partial charge >= 0.3 is 6.09 Å². The van der Waals surface area contributed by atoms with Crippen molar-refractivity contribution >= 4 is 33.8 Å². The minimum Gasteiger partial charge on any atom is -0.444 e. The van der Waals surface area contributed by atoms with E-state index in [1.807, 2.05) is 32.5 Å². The van der Waals surface area contributed by atoms with Crippen molar-refractivity contribution in [1.29, 1.82) is 0 Å². The molecule has 128 valence electrons. The Morgan fingerprint density at radius 1 is 1.26 bits per heavy atom. The number of carbonyl (C=O) groups excluding carboxylic acids is 1.